The second kappa shape index (κ2) is 6.13. The van der Waals surface area contributed by atoms with Gasteiger partial charge >= 0.3 is 0 Å². The highest BCUT2D eigenvalue weighted by atomic mass is 32.2. The largest absolute Gasteiger partial charge is 0.497 e. The van der Waals surface area contributed by atoms with Crippen LogP contribution in [-0.2, 0) is 9.84 Å². The van der Waals surface area contributed by atoms with E-state index in [4.69, 9.17) is 4.74 Å². The molecule has 0 spiro atoms. The number of methoxy groups -OCH3 is 1. The third-order valence-corrected chi connectivity index (χ3v) is 5.68. The fourth-order valence-electron chi connectivity index (χ4n) is 2.81. The Bertz CT molecular complexity index is 639. The number of benzene rings is 1. The van der Waals surface area contributed by atoms with E-state index >= 15 is 0 Å². The van der Waals surface area contributed by atoms with Crippen LogP contribution in [0.3, 0.4) is 0 Å². The Hall–Kier alpha value is -1.43. The molecule has 116 valence electrons. The van der Waals surface area contributed by atoms with Gasteiger partial charge in [0.15, 0.2) is 5.78 Å². The lowest BCUT2D eigenvalue weighted by Crippen LogP contribution is -2.31. The second-order valence-electron chi connectivity index (χ2n) is 5.53. The minimum Gasteiger partial charge on any atom is -0.497 e. The van der Waals surface area contributed by atoms with Crippen molar-refractivity contribution in [2.24, 2.45) is 5.92 Å². The summed E-state index contributed by atoms with van der Waals surface area (Å²) in [6.45, 7) is 0. The van der Waals surface area contributed by atoms with Crippen molar-refractivity contribution in [3.05, 3.63) is 29.6 Å². The molecule has 0 aliphatic heterocycles. The summed E-state index contributed by atoms with van der Waals surface area (Å²) in [5.41, 5.74) is 0.00921. The minimum atomic E-state index is -3.16. The summed E-state index contributed by atoms with van der Waals surface area (Å²) >= 11 is 0. The molecule has 21 heavy (non-hydrogen) atoms. The van der Waals surface area contributed by atoms with Crippen molar-refractivity contribution in [3.63, 3.8) is 0 Å². The van der Waals surface area contributed by atoms with Gasteiger partial charge in [0.2, 0.25) is 0 Å². The molecule has 2 rings (SSSR count). The highest BCUT2D eigenvalue weighted by Crippen LogP contribution is 2.31. The van der Waals surface area contributed by atoms with Crippen molar-refractivity contribution in [1.82, 2.24) is 0 Å². The zero-order valence-electron chi connectivity index (χ0n) is 12.1. The lowest BCUT2D eigenvalue weighted by atomic mass is 9.83. The summed E-state index contributed by atoms with van der Waals surface area (Å²) in [5.74, 6) is -1.02. The van der Waals surface area contributed by atoms with Crippen LogP contribution >= 0.6 is 0 Å². The van der Waals surface area contributed by atoms with Gasteiger partial charge in [-0.25, -0.2) is 12.8 Å². The molecule has 0 aromatic heterocycles. The lowest BCUT2D eigenvalue weighted by molar-refractivity contribution is 0.0886. The molecule has 0 bridgehead atoms. The summed E-state index contributed by atoms with van der Waals surface area (Å²) in [5, 5.41) is -0.499. The molecule has 1 aliphatic rings. The molecule has 2 atom stereocenters. The summed E-state index contributed by atoms with van der Waals surface area (Å²) in [4.78, 5) is 12.4. The summed E-state index contributed by atoms with van der Waals surface area (Å²) in [7, 11) is -1.74. The highest BCUT2D eigenvalue weighted by Gasteiger charge is 2.33. The lowest BCUT2D eigenvalue weighted by Gasteiger charge is -2.27. The summed E-state index contributed by atoms with van der Waals surface area (Å²) < 4.78 is 42.1. The van der Waals surface area contributed by atoms with Gasteiger partial charge in [-0.3, -0.25) is 4.79 Å². The zero-order valence-corrected chi connectivity index (χ0v) is 13.0. The maximum atomic E-state index is 14.0. The van der Waals surface area contributed by atoms with Crippen LogP contribution in [0, 0.1) is 11.7 Å². The summed E-state index contributed by atoms with van der Waals surface area (Å²) in [6.07, 6.45) is 3.33. The van der Waals surface area contributed by atoms with Crippen LogP contribution in [0.15, 0.2) is 18.2 Å². The maximum Gasteiger partial charge on any atom is 0.168 e. The standard InChI is InChI=1S/C15H19FO4S/c1-20-11-6-7-13(14(16)9-11)15(17)10-4-3-5-12(8-10)21(2,18)19/h6-7,9-10,12H,3-5,8H2,1-2H3. The molecule has 1 fully saturated rings. The first kappa shape index (κ1) is 15.9. The topological polar surface area (TPSA) is 60.4 Å². The SMILES string of the molecule is COc1ccc(C(=O)C2CCCC(S(C)(=O)=O)C2)c(F)c1. The first-order valence-corrected chi connectivity index (χ1v) is 8.85. The number of ether oxygens (including phenoxy) is 1. The van der Waals surface area contributed by atoms with Gasteiger partial charge in [-0.2, -0.15) is 0 Å². The van der Waals surface area contributed by atoms with Crippen molar-refractivity contribution in [3.8, 4) is 5.75 Å². The third kappa shape index (κ3) is 3.61. The zero-order chi connectivity index (χ0) is 15.6. The van der Waals surface area contributed by atoms with Gasteiger partial charge in [0.25, 0.3) is 0 Å². The average molecular weight is 314 g/mol. The Morgan fingerprint density at radius 3 is 2.62 bits per heavy atom. The molecular formula is C15H19FO4S. The van der Waals surface area contributed by atoms with Crippen LogP contribution in [0.4, 0.5) is 4.39 Å². The molecule has 0 N–H and O–H groups in total. The Morgan fingerprint density at radius 2 is 2.05 bits per heavy atom. The minimum absolute atomic E-state index is 0.00921. The molecule has 0 saturated heterocycles. The van der Waals surface area contributed by atoms with Crippen molar-refractivity contribution in [2.45, 2.75) is 30.9 Å². The summed E-state index contributed by atoms with van der Waals surface area (Å²) in [6, 6.07) is 4.11. The number of ketones is 1. The number of hydrogen-bond acceptors (Lipinski definition) is 4. The molecule has 1 aromatic carbocycles. The molecule has 4 nitrogen and oxygen atoms in total. The van der Waals surface area contributed by atoms with E-state index in [1.54, 1.807) is 0 Å². The van der Waals surface area contributed by atoms with E-state index in [0.717, 1.165) is 0 Å². The van der Waals surface area contributed by atoms with E-state index in [1.807, 2.05) is 0 Å². The van der Waals surface area contributed by atoms with Gasteiger partial charge in [-0.15, -0.1) is 0 Å². The monoisotopic (exact) mass is 314 g/mol. The molecular weight excluding hydrogens is 295 g/mol. The van der Waals surface area contributed by atoms with E-state index in [1.165, 1.54) is 31.6 Å². The van der Waals surface area contributed by atoms with Gasteiger partial charge in [0, 0.05) is 18.2 Å². The number of rotatable bonds is 4. The molecule has 1 aliphatic carbocycles. The number of halogens is 1. The third-order valence-electron chi connectivity index (χ3n) is 4.04. The highest BCUT2D eigenvalue weighted by molar-refractivity contribution is 7.91. The van der Waals surface area contributed by atoms with Gasteiger partial charge in [0.05, 0.1) is 17.9 Å². The van der Waals surface area contributed by atoms with E-state index in [9.17, 15) is 17.6 Å². The fraction of sp³-hybridized carbons (Fsp3) is 0.533. The van der Waals surface area contributed by atoms with E-state index in [2.05, 4.69) is 0 Å². The van der Waals surface area contributed by atoms with Crippen LogP contribution < -0.4 is 4.74 Å². The second-order valence-corrected chi connectivity index (χ2v) is 7.85. The number of hydrogen-bond donors (Lipinski definition) is 0. The van der Waals surface area contributed by atoms with Gasteiger partial charge in [-0.05, 0) is 31.4 Å². The smallest absolute Gasteiger partial charge is 0.168 e. The number of sulfone groups is 1. The maximum absolute atomic E-state index is 14.0. The normalized spacial score (nSPS) is 22.8. The average Bonchev–Trinajstić information content (AvgIpc) is 2.45. The van der Waals surface area contributed by atoms with Crippen molar-refractivity contribution < 1.29 is 22.3 Å². The van der Waals surface area contributed by atoms with E-state index in [0.29, 0.717) is 25.0 Å². The molecule has 0 radical (unpaired) electrons. The predicted molar refractivity (Wildman–Crippen MR) is 77.9 cm³/mol. The Balaban J connectivity index is 2.20. The number of carbonyl (C=O) groups excluding carboxylic acids is 1. The molecule has 6 heteroatoms. The molecule has 1 aromatic rings. The van der Waals surface area contributed by atoms with Crippen LogP contribution in [0.2, 0.25) is 0 Å². The molecule has 0 amide bonds. The van der Waals surface area contributed by atoms with Gasteiger partial charge in [0.1, 0.15) is 21.4 Å². The Labute approximate surface area is 124 Å². The van der Waals surface area contributed by atoms with Crippen molar-refractivity contribution >= 4 is 15.6 Å². The number of carbonyl (C=O) groups is 1. The molecule has 1 saturated carbocycles. The molecule has 0 heterocycles. The van der Waals surface area contributed by atoms with Gasteiger partial charge in [-0.1, -0.05) is 6.42 Å². The van der Waals surface area contributed by atoms with E-state index < -0.39 is 26.8 Å². The van der Waals surface area contributed by atoms with E-state index in [-0.39, 0.29) is 17.8 Å². The Kier molecular flexibility index (Phi) is 4.66. The van der Waals surface area contributed by atoms with Crippen LogP contribution in [0.25, 0.3) is 0 Å². The van der Waals surface area contributed by atoms with Crippen LogP contribution in [0.5, 0.6) is 5.75 Å². The van der Waals surface area contributed by atoms with Gasteiger partial charge < -0.3 is 4.74 Å². The van der Waals surface area contributed by atoms with Crippen molar-refractivity contribution in [2.75, 3.05) is 13.4 Å². The fourth-order valence-corrected chi connectivity index (χ4v) is 3.99. The first-order chi connectivity index (χ1) is 9.82. The Morgan fingerprint density at radius 1 is 1.33 bits per heavy atom. The molecule has 2 unspecified atom stereocenters. The number of Topliss-reactive ketones (excluding diaryl/α,β-unsaturated/α-hetero) is 1. The predicted octanol–water partition coefficient (Wildman–Crippen LogP) is 2.62. The quantitative estimate of drug-likeness (QED) is 0.802. The van der Waals surface area contributed by atoms with Crippen LogP contribution in [-0.4, -0.2) is 32.8 Å². The van der Waals surface area contributed by atoms with Crippen LogP contribution in [0.1, 0.15) is 36.0 Å². The van der Waals surface area contributed by atoms with Crippen molar-refractivity contribution in [1.29, 1.82) is 0 Å². The first-order valence-electron chi connectivity index (χ1n) is 6.89.